The van der Waals surface area contributed by atoms with Crippen LogP contribution in [0.1, 0.15) is 24.4 Å². The number of anilines is 1. The molecule has 31 heteroatoms. The lowest BCUT2D eigenvalue weighted by Crippen LogP contribution is -2.33. The Morgan fingerprint density at radius 1 is 0.863 bits per heavy atom. The van der Waals surface area contributed by atoms with Crippen molar-refractivity contribution < 1.29 is 84.6 Å². The van der Waals surface area contributed by atoms with E-state index in [1.54, 1.807) is 0 Å². The van der Waals surface area contributed by atoms with Gasteiger partial charge in [-0.1, -0.05) is 0 Å². The Morgan fingerprint density at radius 3 is 2.08 bits per heavy atom. The summed E-state index contributed by atoms with van der Waals surface area (Å²) in [5, 5.41) is 31.1. The molecule has 284 valence electrons. The normalized spacial score (nSPS) is 30.1. The van der Waals surface area contributed by atoms with E-state index in [4.69, 9.17) is 15.2 Å². The highest BCUT2D eigenvalue weighted by atomic mass is 31.3. The molecular weight excluding hydrogens is 782 g/mol. The maximum absolute atomic E-state index is 12.4. The van der Waals surface area contributed by atoms with Crippen LogP contribution in [0, 0.1) is 6.92 Å². The number of nitrogens with zero attached hydrogens (tertiary/aromatic N) is 5. The lowest BCUT2D eigenvalue weighted by molar-refractivity contribution is -0.0503. The molecule has 5 unspecified atom stereocenters. The Balaban J connectivity index is 1.13. The number of nitrogens with two attached hydrogens (primary N) is 1. The van der Waals surface area contributed by atoms with Crippen LogP contribution >= 0.6 is 31.3 Å². The molecule has 0 radical (unpaired) electrons. The minimum atomic E-state index is -6.18. The molecule has 11 atom stereocenters. The molecule has 27 nitrogen and oxygen atoms in total. The maximum atomic E-state index is 12.4. The predicted octanol–water partition coefficient (Wildman–Crippen LogP) is -1.98. The number of fused-ring (bicyclic) bond motifs is 1. The Morgan fingerprint density at radius 2 is 1.45 bits per heavy atom. The molecule has 2 saturated heterocycles. The molecule has 0 bridgehead atoms. The van der Waals surface area contributed by atoms with Gasteiger partial charge in [0.2, 0.25) is 0 Å². The molecule has 0 aliphatic carbocycles. The molecule has 10 N–H and O–H groups in total. The second kappa shape index (κ2) is 14.7. The summed E-state index contributed by atoms with van der Waals surface area (Å²) in [6, 6.07) is 0. The van der Waals surface area contributed by atoms with Crippen molar-refractivity contribution in [2.75, 3.05) is 18.9 Å². The summed E-state index contributed by atoms with van der Waals surface area (Å²) in [6.07, 6.45) is -7.49. The summed E-state index contributed by atoms with van der Waals surface area (Å²) in [4.78, 5) is 76.8. The fourth-order valence-electron chi connectivity index (χ4n) is 4.79. The van der Waals surface area contributed by atoms with Crippen LogP contribution in [0.15, 0.2) is 28.4 Å². The third-order valence-electron chi connectivity index (χ3n) is 7.08. The van der Waals surface area contributed by atoms with Gasteiger partial charge in [0.1, 0.15) is 42.5 Å². The molecule has 0 amide bonds. The second-order valence-corrected chi connectivity index (χ2v) is 17.0. The predicted molar refractivity (Wildman–Crippen MR) is 161 cm³/mol. The topological polar surface area (TPSA) is 399 Å². The zero-order chi connectivity index (χ0) is 37.7. The van der Waals surface area contributed by atoms with E-state index in [0.717, 1.165) is 28.0 Å². The van der Waals surface area contributed by atoms with E-state index >= 15 is 0 Å². The molecule has 5 rings (SSSR count). The van der Waals surface area contributed by atoms with Crippen LogP contribution in [0.25, 0.3) is 11.2 Å². The van der Waals surface area contributed by atoms with Gasteiger partial charge >= 0.3 is 37.0 Å². The third-order valence-corrected chi connectivity index (χ3v) is 13.0. The van der Waals surface area contributed by atoms with Gasteiger partial charge in [-0.05, 0) is 6.92 Å². The van der Waals surface area contributed by atoms with Crippen LogP contribution in [0.3, 0.4) is 0 Å². The third kappa shape index (κ3) is 9.31. The number of phosphoric ester groups is 2. The number of aliphatic hydroxyl groups is 3. The zero-order valence-electron chi connectivity index (χ0n) is 25.4. The Bertz CT molecular complexity index is 2090. The summed E-state index contributed by atoms with van der Waals surface area (Å²) in [5.41, 5.74) is 4.47. The number of hydrogen-bond acceptors (Lipinski definition) is 20. The van der Waals surface area contributed by atoms with E-state index < -0.39 is 98.7 Å². The van der Waals surface area contributed by atoms with Crippen molar-refractivity contribution in [2.45, 2.75) is 56.3 Å². The lowest BCUT2D eigenvalue weighted by atomic mass is 10.1. The average Bonchev–Trinajstić information content (AvgIpc) is 3.67. The van der Waals surface area contributed by atoms with E-state index in [2.05, 4.69) is 36.9 Å². The lowest BCUT2D eigenvalue weighted by Gasteiger charge is -2.21. The molecule has 5 heterocycles. The number of hydrogen-bond donors (Lipinski definition) is 9. The molecule has 2 fully saturated rings. The highest BCUT2D eigenvalue weighted by Gasteiger charge is 2.49. The van der Waals surface area contributed by atoms with E-state index in [1.165, 1.54) is 6.92 Å². The van der Waals surface area contributed by atoms with Gasteiger partial charge in [-0.25, -0.2) is 38.0 Å². The first kappa shape index (κ1) is 39.6. The molecule has 0 saturated carbocycles. The van der Waals surface area contributed by atoms with Gasteiger partial charge < -0.3 is 50.1 Å². The molecule has 3 aromatic rings. The van der Waals surface area contributed by atoms with Gasteiger partial charge in [-0.3, -0.25) is 28.0 Å². The quantitative estimate of drug-likeness (QED) is 0.0796. The van der Waals surface area contributed by atoms with Crippen molar-refractivity contribution in [3.63, 3.8) is 0 Å². The molecular formula is C20H29N7O20P4. The van der Waals surface area contributed by atoms with Crippen LogP contribution < -0.4 is 17.0 Å². The average molecular weight is 811 g/mol. The van der Waals surface area contributed by atoms with Crippen molar-refractivity contribution in [1.82, 2.24) is 29.1 Å². The first-order chi connectivity index (χ1) is 23.6. The van der Waals surface area contributed by atoms with E-state index in [1.807, 2.05) is 4.98 Å². The number of imidazole rings is 1. The van der Waals surface area contributed by atoms with E-state index in [0.29, 0.717) is 0 Å². The zero-order valence-corrected chi connectivity index (χ0v) is 29.0. The van der Waals surface area contributed by atoms with Crippen molar-refractivity contribution in [3.05, 3.63) is 45.3 Å². The van der Waals surface area contributed by atoms with Gasteiger partial charge in [0.15, 0.2) is 17.7 Å². The molecule has 0 aromatic carbocycles. The highest BCUT2D eigenvalue weighted by Crippen LogP contribution is 2.71. The number of nitrogen functional groups attached to an aromatic ring is 1. The van der Waals surface area contributed by atoms with Gasteiger partial charge in [0.25, 0.3) is 5.56 Å². The van der Waals surface area contributed by atoms with Gasteiger partial charge in [0, 0.05) is 18.2 Å². The largest absolute Gasteiger partial charge is 0.490 e. The van der Waals surface area contributed by atoms with Gasteiger partial charge in [-0.2, -0.15) is 12.9 Å². The number of phosphoric acid groups is 4. The Hall–Kier alpha value is -2.61. The van der Waals surface area contributed by atoms with Crippen LogP contribution in [0.2, 0.25) is 0 Å². The summed E-state index contributed by atoms with van der Waals surface area (Å²) in [5.74, 6) is -0.0142. The monoisotopic (exact) mass is 811 g/mol. The fourth-order valence-corrected chi connectivity index (χ4v) is 9.74. The summed E-state index contributed by atoms with van der Waals surface area (Å²) in [6.45, 7) is -0.750. The molecule has 2 aliphatic rings. The first-order valence-corrected chi connectivity index (χ1v) is 19.9. The number of aromatic amines is 1. The summed E-state index contributed by atoms with van der Waals surface area (Å²) < 4.78 is 82.8. The van der Waals surface area contributed by atoms with Crippen molar-refractivity contribution in [2.24, 2.45) is 0 Å². The van der Waals surface area contributed by atoms with Crippen LogP contribution in [0.5, 0.6) is 0 Å². The molecule has 0 spiro atoms. The van der Waals surface area contributed by atoms with Gasteiger partial charge in [-0.15, -0.1) is 0 Å². The Labute approximate surface area is 282 Å². The van der Waals surface area contributed by atoms with Crippen LogP contribution in [0.4, 0.5) is 5.82 Å². The van der Waals surface area contributed by atoms with Gasteiger partial charge in [0.05, 0.1) is 25.6 Å². The minimum absolute atomic E-state index is 0.0142. The number of nitrogens with one attached hydrogen (secondary N) is 1. The summed E-state index contributed by atoms with van der Waals surface area (Å²) >= 11 is 0. The number of rotatable bonds is 14. The van der Waals surface area contributed by atoms with E-state index in [-0.39, 0.29) is 29.0 Å². The van der Waals surface area contributed by atoms with E-state index in [9.17, 15) is 62.7 Å². The molecule has 51 heavy (non-hydrogen) atoms. The first-order valence-electron chi connectivity index (χ1n) is 13.9. The standard InChI is InChI=1S/C20H29N7O20P4/c1-8-3-26(20(32)25-18(8)31)12-2-9(28)10(43-12)4-41-48(33,34)45-50(37,38)47-51(39,40)46-49(35,36)42-5-11-14(29)15(30)19(44-11)27-7-24-13-16(21)22-6-23-17(13)27/h3,6-7,9-12,14-15,19,28-30H,2,4-5H2,1H3,(H,33,34)(H,35,36)(H,37,38)(H,39,40)(H2,21,22,23)(H,25,31,32)/t9-,10?,11+,12+,14+,15+,19+/m0/s1. The summed E-state index contributed by atoms with van der Waals surface area (Å²) in [7, 11) is -23.8. The smallest absolute Gasteiger partial charge is 0.390 e. The second-order valence-electron chi connectivity index (χ2n) is 10.8. The number of aromatic nitrogens is 6. The van der Waals surface area contributed by atoms with Crippen molar-refractivity contribution >= 4 is 48.3 Å². The SMILES string of the molecule is Cc1cn([C@H]2C[C@H](O)C(COP(=O)(O)OP(=O)(O)OP(=O)(O)OP(=O)(O)OC[C@H]3O[C@@H](n4cnc5c(N)ncnc54)[C@H](O)[C@@H]3O)O2)c(=O)[nH]c1=O. The van der Waals surface area contributed by atoms with Crippen LogP contribution in [-0.4, -0.2) is 108 Å². The van der Waals surface area contributed by atoms with Crippen molar-refractivity contribution in [3.8, 4) is 0 Å². The molecule has 2 aliphatic heterocycles. The molecule has 3 aromatic heterocycles. The Kier molecular flexibility index (Phi) is 11.4. The number of H-pyrrole nitrogens is 1. The minimum Gasteiger partial charge on any atom is -0.390 e. The van der Waals surface area contributed by atoms with Crippen molar-refractivity contribution in [1.29, 1.82) is 0 Å². The number of ether oxygens (including phenoxy) is 2. The number of aliphatic hydroxyl groups excluding tert-OH is 3. The van der Waals surface area contributed by atoms with Crippen LogP contribution in [-0.2, 0) is 49.7 Å². The maximum Gasteiger partial charge on any atom is 0.490 e. The fraction of sp³-hybridized carbons (Fsp3) is 0.550. The number of aryl methyl sites for hydroxylation is 1. The highest BCUT2D eigenvalue weighted by molar-refractivity contribution is 7.69.